The summed E-state index contributed by atoms with van der Waals surface area (Å²) in [5.74, 6) is 0.253. The molecule has 0 fully saturated rings. The van der Waals surface area contributed by atoms with Gasteiger partial charge in [0.25, 0.3) is 0 Å². The summed E-state index contributed by atoms with van der Waals surface area (Å²) in [5, 5.41) is 0.695. The fourth-order valence-electron chi connectivity index (χ4n) is 2.37. The summed E-state index contributed by atoms with van der Waals surface area (Å²) in [6.07, 6.45) is 1.59. The second kappa shape index (κ2) is 6.27. The van der Waals surface area contributed by atoms with Crippen molar-refractivity contribution >= 4 is 11.6 Å². The Bertz CT molecular complexity index is 561. The lowest BCUT2D eigenvalue weighted by Crippen LogP contribution is -2.31. The molecule has 0 aliphatic heterocycles. The van der Waals surface area contributed by atoms with Crippen LogP contribution in [0.5, 0.6) is 5.75 Å². The third-order valence-corrected chi connectivity index (χ3v) is 3.87. The van der Waals surface area contributed by atoms with Crippen molar-refractivity contribution in [3.8, 4) is 5.75 Å². The van der Waals surface area contributed by atoms with Crippen LogP contribution >= 0.6 is 11.6 Å². The van der Waals surface area contributed by atoms with Crippen LogP contribution in [0.15, 0.2) is 48.5 Å². The van der Waals surface area contributed by atoms with Crippen LogP contribution in [0.25, 0.3) is 0 Å². The third-order valence-electron chi connectivity index (χ3n) is 3.62. The van der Waals surface area contributed by atoms with Gasteiger partial charge in [0.15, 0.2) is 0 Å². The fraction of sp³-hybridized carbons (Fsp3) is 0.294. The number of benzene rings is 2. The summed E-state index contributed by atoms with van der Waals surface area (Å²) in [7, 11) is 0. The van der Waals surface area contributed by atoms with Gasteiger partial charge in [-0.2, -0.15) is 0 Å². The van der Waals surface area contributed by atoms with E-state index in [1.165, 1.54) is 12.1 Å². The molecule has 0 heterocycles. The Balaban J connectivity index is 2.36. The van der Waals surface area contributed by atoms with E-state index >= 15 is 0 Å². The molecule has 1 nitrogen and oxygen atoms in total. The highest BCUT2D eigenvalue weighted by Gasteiger charge is 2.30. The summed E-state index contributed by atoms with van der Waals surface area (Å²) in [6, 6.07) is 13.9. The van der Waals surface area contributed by atoms with E-state index in [9.17, 15) is 4.39 Å². The number of ether oxygens (including phenoxy) is 1. The van der Waals surface area contributed by atoms with Crippen molar-refractivity contribution in [3.05, 3.63) is 64.9 Å². The second-order valence-electron chi connectivity index (χ2n) is 4.77. The normalized spacial score (nSPS) is 11.4. The first-order valence-corrected chi connectivity index (χ1v) is 7.18. The van der Waals surface area contributed by atoms with Gasteiger partial charge in [0.2, 0.25) is 0 Å². The van der Waals surface area contributed by atoms with Crippen LogP contribution in [0.1, 0.15) is 32.3 Å². The van der Waals surface area contributed by atoms with Gasteiger partial charge in [-0.3, -0.25) is 0 Å². The Morgan fingerprint density at radius 3 is 2.25 bits per heavy atom. The highest BCUT2D eigenvalue weighted by Crippen LogP contribution is 2.35. The third kappa shape index (κ3) is 3.13. The molecule has 2 aromatic carbocycles. The van der Waals surface area contributed by atoms with Crippen molar-refractivity contribution in [3.63, 3.8) is 0 Å². The van der Waals surface area contributed by atoms with Gasteiger partial charge < -0.3 is 4.74 Å². The zero-order chi connectivity index (χ0) is 14.6. The van der Waals surface area contributed by atoms with Crippen LogP contribution in [-0.4, -0.2) is 0 Å². The van der Waals surface area contributed by atoms with Gasteiger partial charge in [-0.1, -0.05) is 43.6 Å². The molecule has 0 aliphatic carbocycles. The highest BCUT2D eigenvalue weighted by molar-refractivity contribution is 6.30. The molecule has 106 valence electrons. The van der Waals surface area contributed by atoms with Crippen LogP contribution in [0, 0.1) is 5.82 Å². The van der Waals surface area contributed by atoms with E-state index in [1.807, 2.05) is 24.3 Å². The Labute approximate surface area is 124 Å². The topological polar surface area (TPSA) is 9.23 Å². The van der Waals surface area contributed by atoms with Crippen LogP contribution in [-0.2, 0) is 5.60 Å². The van der Waals surface area contributed by atoms with Crippen molar-refractivity contribution in [2.45, 2.75) is 32.3 Å². The molecule has 0 spiro atoms. The molecule has 0 saturated carbocycles. The van der Waals surface area contributed by atoms with E-state index in [2.05, 4.69) is 13.8 Å². The summed E-state index contributed by atoms with van der Waals surface area (Å²) in [6.45, 7) is 4.13. The number of hydrogen-bond acceptors (Lipinski definition) is 1. The lowest BCUT2D eigenvalue weighted by Gasteiger charge is -2.33. The molecule has 0 N–H and O–H groups in total. The van der Waals surface area contributed by atoms with Crippen molar-refractivity contribution in [2.24, 2.45) is 0 Å². The Morgan fingerprint density at radius 2 is 1.70 bits per heavy atom. The van der Waals surface area contributed by atoms with Crippen molar-refractivity contribution in [1.29, 1.82) is 0 Å². The first-order chi connectivity index (χ1) is 9.59. The Hall–Kier alpha value is -1.54. The molecule has 0 saturated heterocycles. The maximum absolute atomic E-state index is 13.3. The van der Waals surface area contributed by atoms with Crippen LogP contribution in [0.3, 0.4) is 0 Å². The van der Waals surface area contributed by atoms with Gasteiger partial charge in [0.05, 0.1) is 0 Å². The smallest absolute Gasteiger partial charge is 0.133 e. The summed E-state index contributed by atoms with van der Waals surface area (Å²) in [4.78, 5) is 0. The fourth-order valence-corrected chi connectivity index (χ4v) is 2.50. The molecule has 0 unspecified atom stereocenters. The molecule has 2 aromatic rings. The second-order valence-corrected chi connectivity index (χ2v) is 5.20. The predicted molar refractivity (Wildman–Crippen MR) is 80.7 cm³/mol. The van der Waals surface area contributed by atoms with E-state index in [-0.39, 0.29) is 5.82 Å². The molecule has 0 radical (unpaired) electrons. The van der Waals surface area contributed by atoms with Gasteiger partial charge >= 0.3 is 0 Å². The molecular weight excluding hydrogens is 275 g/mol. The van der Waals surface area contributed by atoms with Crippen molar-refractivity contribution in [2.75, 3.05) is 0 Å². The number of rotatable bonds is 5. The quantitative estimate of drug-likeness (QED) is 0.699. The molecule has 20 heavy (non-hydrogen) atoms. The zero-order valence-electron chi connectivity index (χ0n) is 11.7. The van der Waals surface area contributed by atoms with E-state index in [0.717, 1.165) is 18.4 Å². The summed E-state index contributed by atoms with van der Waals surface area (Å²) >= 11 is 5.94. The van der Waals surface area contributed by atoms with E-state index < -0.39 is 5.60 Å². The lowest BCUT2D eigenvalue weighted by atomic mass is 9.88. The van der Waals surface area contributed by atoms with Crippen LogP contribution in [0.4, 0.5) is 4.39 Å². The van der Waals surface area contributed by atoms with Gasteiger partial charge in [-0.15, -0.1) is 0 Å². The van der Waals surface area contributed by atoms with Crippen LogP contribution < -0.4 is 4.74 Å². The van der Waals surface area contributed by atoms with Crippen LogP contribution in [0.2, 0.25) is 5.02 Å². The van der Waals surface area contributed by atoms with Gasteiger partial charge in [0.1, 0.15) is 17.2 Å². The minimum atomic E-state index is -0.460. The number of halogens is 2. The molecule has 0 amide bonds. The molecule has 0 bridgehead atoms. The highest BCUT2D eigenvalue weighted by atomic mass is 35.5. The number of hydrogen-bond donors (Lipinski definition) is 0. The molecule has 3 heteroatoms. The van der Waals surface area contributed by atoms with E-state index in [0.29, 0.717) is 10.8 Å². The van der Waals surface area contributed by atoms with Gasteiger partial charge in [-0.25, -0.2) is 4.39 Å². The van der Waals surface area contributed by atoms with Crippen molar-refractivity contribution in [1.82, 2.24) is 0 Å². The Kier molecular flexibility index (Phi) is 4.66. The SMILES string of the molecule is CCC(CC)(Oc1cccc(F)c1)c1ccc(Cl)cc1. The average molecular weight is 293 g/mol. The van der Waals surface area contributed by atoms with Gasteiger partial charge in [0, 0.05) is 11.1 Å². The minimum Gasteiger partial charge on any atom is -0.483 e. The standard InChI is InChI=1S/C17H18ClFO/c1-3-17(4-2,13-8-10-14(18)11-9-13)20-16-7-5-6-15(19)12-16/h5-12H,3-4H2,1-2H3. The maximum atomic E-state index is 13.3. The predicted octanol–water partition coefficient (Wildman–Crippen LogP) is 5.57. The lowest BCUT2D eigenvalue weighted by molar-refractivity contribution is 0.0570. The monoisotopic (exact) mass is 292 g/mol. The summed E-state index contributed by atoms with van der Waals surface area (Å²) in [5.41, 5.74) is 0.592. The Morgan fingerprint density at radius 1 is 1.05 bits per heavy atom. The van der Waals surface area contributed by atoms with Gasteiger partial charge in [-0.05, 0) is 42.7 Å². The molecule has 0 aromatic heterocycles. The average Bonchev–Trinajstić information content (AvgIpc) is 2.46. The zero-order valence-corrected chi connectivity index (χ0v) is 12.5. The first kappa shape index (κ1) is 14.9. The van der Waals surface area contributed by atoms with Crippen molar-refractivity contribution < 1.29 is 9.13 Å². The molecule has 0 atom stereocenters. The molecular formula is C17H18ClFO. The minimum absolute atomic E-state index is 0.292. The maximum Gasteiger partial charge on any atom is 0.133 e. The molecule has 2 rings (SSSR count). The largest absolute Gasteiger partial charge is 0.483 e. The molecule has 0 aliphatic rings. The van der Waals surface area contributed by atoms with E-state index in [4.69, 9.17) is 16.3 Å². The van der Waals surface area contributed by atoms with E-state index in [1.54, 1.807) is 12.1 Å². The summed E-state index contributed by atoms with van der Waals surface area (Å²) < 4.78 is 19.4. The first-order valence-electron chi connectivity index (χ1n) is 6.80.